The van der Waals surface area contributed by atoms with E-state index in [0.29, 0.717) is 6.04 Å². The maximum atomic E-state index is 4.90. The Morgan fingerprint density at radius 1 is 0.971 bits per heavy atom. The lowest BCUT2D eigenvalue weighted by Crippen LogP contribution is -2.30. The fraction of sp³-hybridized carbons (Fsp3) is 0.567. The Balaban J connectivity index is 1.15. The summed E-state index contributed by atoms with van der Waals surface area (Å²) in [6.45, 7) is 3.31. The fourth-order valence-corrected chi connectivity index (χ4v) is 6.74. The molecule has 2 aliphatic carbocycles. The first-order valence-corrected chi connectivity index (χ1v) is 13.8. The van der Waals surface area contributed by atoms with Crippen LogP contribution >= 0.6 is 0 Å². The van der Waals surface area contributed by atoms with Crippen molar-refractivity contribution in [2.45, 2.75) is 76.7 Å². The molecular formula is C30H40N4. The van der Waals surface area contributed by atoms with Gasteiger partial charge >= 0.3 is 0 Å². The zero-order chi connectivity index (χ0) is 22.9. The van der Waals surface area contributed by atoms with Gasteiger partial charge in [0.05, 0.1) is 17.9 Å². The second-order valence-corrected chi connectivity index (χ2v) is 11.1. The monoisotopic (exact) mass is 456 g/mol. The predicted molar refractivity (Wildman–Crippen MR) is 145 cm³/mol. The molecule has 1 N–H and O–H groups in total. The van der Waals surface area contributed by atoms with Crippen molar-refractivity contribution in [2.24, 2.45) is 10.9 Å². The summed E-state index contributed by atoms with van der Waals surface area (Å²) in [5, 5.41) is 3.94. The minimum Gasteiger partial charge on any atom is -0.382 e. The minimum atomic E-state index is 0.626. The lowest BCUT2D eigenvalue weighted by molar-refractivity contribution is 0.336. The largest absolute Gasteiger partial charge is 0.382 e. The van der Waals surface area contributed by atoms with Crippen molar-refractivity contribution in [3.05, 3.63) is 47.0 Å². The molecular weight excluding hydrogens is 416 g/mol. The molecule has 2 heterocycles. The Hall–Kier alpha value is -2.49. The second-order valence-electron chi connectivity index (χ2n) is 11.1. The smallest absolute Gasteiger partial charge is 0.0893 e. The summed E-state index contributed by atoms with van der Waals surface area (Å²) in [6.07, 6.45) is 16.3. The van der Waals surface area contributed by atoms with E-state index in [4.69, 9.17) is 4.99 Å². The zero-order valence-electron chi connectivity index (χ0n) is 20.9. The molecule has 6 rings (SSSR count). The summed E-state index contributed by atoms with van der Waals surface area (Å²) in [5.74, 6) is 0.766. The van der Waals surface area contributed by atoms with Gasteiger partial charge in [-0.05, 0) is 111 Å². The van der Waals surface area contributed by atoms with Gasteiger partial charge in [0.15, 0.2) is 0 Å². The van der Waals surface area contributed by atoms with Crippen LogP contribution in [0.4, 0.5) is 22.7 Å². The van der Waals surface area contributed by atoms with Crippen molar-refractivity contribution in [3.63, 3.8) is 0 Å². The van der Waals surface area contributed by atoms with Crippen LogP contribution in [0.3, 0.4) is 0 Å². The third kappa shape index (κ3) is 4.44. The number of hydrogen-bond donors (Lipinski definition) is 1. The second kappa shape index (κ2) is 9.64. The number of aliphatic imine (C=N–C) groups is 1. The van der Waals surface area contributed by atoms with E-state index in [2.05, 4.69) is 58.7 Å². The van der Waals surface area contributed by atoms with Crippen molar-refractivity contribution >= 4 is 29.0 Å². The Kier molecular flexibility index (Phi) is 6.24. The van der Waals surface area contributed by atoms with Gasteiger partial charge < -0.3 is 15.1 Å². The van der Waals surface area contributed by atoms with Crippen LogP contribution in [0.5, 0.6) is 0 Å². The molecule has 0 radical (unpaired) electrons. The Morgan fingerprint density at radius 3 is 2.68 bits per heavy atom. The quantitative estimate of drug-likeness (QED) is 0.555. The molecule has 2 aromatic rings. The number of aryl methyl sites for hydroxylation is 1. The molecule has 0 aromatic heterocycles. The average molecular weight is 457 g/mol. The maximum Gasteiger partial charge on any atom is 0.0893 e. The molecule has 180 valence electrons. The first kappa shape index (κ1) is 22.0. The van der Waals surface area contributed by atoms with E-state index in [9.17, 15) is 0 Å². The Bertz CT molecular complexity index is 1040. The highest BCUT2D eigenvalue weighted by molar-refractivity contribution is 5.85. The lowest BCUT2D eigenvalue weighted by atomic mass is 9.81. The maximum absolute atomic E-state index is 4.90. The molecule has 4 heteroatoms. The Morgan fingerprint density at radius 2 is 1.82 bits per heavy atom. The molecule has 2 fully saturated rings. The number of benzene rings is 2. The molecule has 1 saturated heterocycles. The number of fused-ring (bicyclic) bond motifs is 2. The summed E-state index contributed by atoms with van der Waals surface area (Å²) < 4.78 is 0. The molecule has 0 amide bonds. The van der Waals surface area contributed by atoms with E-state index in [1.807, 2.05) is 0 Å². The molecule has 0 spiro atoms. The van der Waals surface area contributed by atoms with Crippen molar-refractivity contribution < 1.29 is 0 Å². The first-order chi connectivity index (χ1) is 16.7. The molecule has 2 aliphatic heterocycles. The van der Waals surface area contributed by atoms with Gasteiger partial charge in [0.2, 0.25) is 0 Å². The lowest BCUT2D eigenvalue weighted by Gasteiger charge is -2.34. The molecule has 0 unspecified atom stereocenters. The van der Waals surface area contributed by atoms with E-state index in [1.165, 1.54) is 112 Å². The first-order valence-electron chi connectivity index (χ1n) is 13.8. The zero-order valence-corrected chi connectivity index (χ0v) is 20.9. The summed E-state index contributed by atoms with van der Waals surface area (Å²) >= 11 is 0. The van der Waals surface area contributed by atoms with Crippen LogP contribution in [0.15, 0.2) is 35.3 Å². The summed E-state index contributed by atoms with van der Waals surface area (Å²) in [6, 6.07) is 12.4. The van der Waals surface area contributed by atoms with Gasteiger partial charge in [-0.25, -0.2) is 0 Å². The van der Waals surface area contributed by atoms with Crippen LogP contribution in [-0.2, 0) is 19.3 Å². The van der Waals surface area contributed by atoms with E-state index >= 15 is 0 Å². The van der Waals surface area contributed by atoms with E-state index in [0.717, 1.165) is 12.5 Å². The van der Waals surface area contributed by atoms with Gasteiger partial charge in [-0.3, -0.25) is 4.99 Å². The van der Waals surface area contributed by atoms with Gasteiger partial charge in [-0.2, -0.15) is 0 Å². The van der Waals surface area contributed by atoms with Gasteiger partial charge in [0.25, 0.3) is 0 Å². The van der Waals surface area contributed by atoms with Crippen molar-refractivity contribution in [3.8, 4) is 0 Å². The molecule has 4 nitrogen and oxygen atoms in total. The molecule has 34 heavy (non-hydrogen) atoms. The highest BCUT2D eigenvalue weighted by Crippen LogP contribution is 2.41. The van der Waals surface area contributed by atoms with Gasteiger partial charge in [-0.1, -0.05) is 12.1 Å². The van der Waals surface area contributed by atoms with Crippen molar-refractivity contribution in [1.82, 2.24) is 0 Å². The standard InChI is InChI=1S/C30H40N4/c1-33-18-15-31-30-24(20-26(21-29(30)33)34-16-3-2-4-17-34)19-22-11-13-25(14-12-22)32-28-10-6-8-23-7-5-9-27(23)28/h6,8,10,15,20-22,25,32H,2-5,7,9,11-14,16-19H2,1H3. The SMILES string of the molecule is CN1CC=Nc2c(CC3CCC(Nc4cccc5c4CCC5)CC3)cc(N3CCCCC3)cc21. The van der Waals surface area contributed by atoms with Crippen molar-refractivity contribution in [2.75, 3.05) is 41.8 Å². The third-order valence-electron chi connectivity index (χ3n) is 8.72. The van der Waals surface area contributed by atoms with Gasteiger partial charge in [-0.15, -0.1) is 0 Å². The minimum absolute atomic E-state index is 0.626. The topological polar surface area (TPSA) is 30.9 Å². The molecule has 4 aliphatic rings. The third-order valence-corrected chi connectivity index (χ3v) is 8.72. The fourth-order valence-electron chi connectivity index (χ4n) is 6.74. The van der Waals surface area contributed by atoms with Crippen LogP contribution in [0, 0.1) is 5.92 Å². The molecule has 1 saturated carbocycles. The number of piperidine rings is 1. The van der Waals surface area contributed by atoms with Gasteiger partial charge in [0.1, 0.15) is 0 Å². The Labute approximate surface area is 205 Å². The number of nitrogens with zero attached hydrogens (tertiary/aromatic N) is 3. The van der Waals surface area contributed by atoms with E-state index in [1.54, 1.807) is 11.1 Å². The van der Waals surface area contributed by atoms with Crippen LogP contribution < -0.4 is 15.1 Å². The van der Waals surface area contributed by atoms with Crippen LogP contribution in [0.2, 0.25) is 0 Å². The number of rotatable bonds is 5. The van der Waals surface area contributed by atoms with E-state index < -0.39 is 0 Å². The summed E-state index contributed by atoms with van der Waals surface area (Å²) in [7, 11) is 2.21. The highest BCUT2D eigenvalue weighted by atomic mass is 15.2. The number of anilines is 3. The van der Waals surface area contributed by atoms with Gasteiger partial charge in [0, 0.05) is 43.8 Å². The van der Waals surface area contributed by atoms with Crippen molar-refractivity contribution in [1.29, 1.82) is 0 Å². The average Bonchev–Trinajstić information content (AvgIpc) is 3.36. The van der Waals surface area contributed by atoms with E-state index in [-0.39, 0.29) is 0 Å². The van der Waals surface area contributed by atoms with Crippen LogP contribution in [0.25, 0.3) is 0 Å². The predicted octanol–water partition coefficient (Wildman–Crippen LogP) is 6.53. The highest BCUT2D eigenvalue weighted by Gasteiger charge is 2.26. The summed E-state index contributed by atoms with van der Waals surface area (Å²) in [4.78, 5) is 9.88. The molecule has 0 bridgehead atoms. The van der Waals surface area contributed by atoms with Crippen LogP contribution in [0.1, 0.15) is 68.1 Å². The molecule has 0 atom stereocenters. The summed E-state index contributed by atoms with van der Waals surface area (Å²) in [5.41, 5.74) is 10.0. The number of hydrogen-bond acceptors (Lipinski definition) is 4. The van der Waals surface area contributed by atoms with Crippen LogP contribution in [-0.4, -0.2) is 38.9 Å². The molecule has 2 aromatic carbocycles. The number of nitrogens with one attached hydrogen (secondary N) is 1. The normalized spacial score (nSPS) is 24.1.